The molecule has 0 atom stereocenters. The number of aromatic nitrogens is 1. The molecule has 3 amide bonds. The van der Waals surface area contributed by atoms with Crippen molar-refractivity contribution in [2.75, 3.05) is 44.6 Å². The Labute approximate surface area is 220 Å². The molecule has 0 bridgehead atoms. The number of nitrogens with zero attached hydrogens (tertiary/aromatic N) is 3. The molecule has 2 heterocycles. The van der Waals surface area contributed by atoms with Gasteiger partial charge in [-0.15, -0.1) is 11.3 Å². The first-order valence-electron chi connectivity index (χ1n) is 11.7. The lowest BCUT2D eigenvalue weighted by Gasteiger charge is -2.24. The number of thiazole rings is 1. The van der Waals surface area contributed by atoms with E-state index in [-0.39, 0.29) is 47.2 Å². The maximum absolute atomic E-state index is 13.1. The Morgan fingerprint density at radius 3 is 2.60 bits per heavy atom. The van der Waals surface area contributed by atoms with Crippen LogP contribution in [-0.2, 0) is 16.0 Å². The molecule has 0 unspecified atom stereocenters. The van der Waals surface area contributed by atoms with Gasteiger partial charge in [0.05, 0.1) is 22.7 Å². The number of carbonyl (C=O) groups excluding carboxylic acids is 3. The van der Waals surface area contributed by atoms with Crippen molar-refractivity contribution in [2.45, 2.75) is 33.1 Å². The van der Waals surface area contributed by atoms with E-state index in [9.17, 15) is 14.4 Å². The highest BCUT2D eigenvalue weighted by Gasteiger charge is 2.23. The van der Waals surface area contributed by atoms with Gasteiger partial charge < -0.3 is 20.4 Å². The van der Waals surface area contributed by atoms with E-state index in [1.165, 1.54) is 35.1 Å². The molecule has 1 aromatic heterocycles. The molecule has 3 rings (SSSR count). The minimum atomic E-state index is -0.375. The summed E-state index contributed by atoms with van der Waals surface area (Å²) >= 11 is 13.4. The molecule has 11 heteroatoms. The molecular formula is C24H31Cl2N5O3S. The number of rotatable bonds is 11. The summed E-state index contributed by atoms with van der Waals surface area (Å²) in [5.41, 5.74) is 0.879. The SMILES string of the molecule is CC(C)CN(CC(=O)Nc1nc(CC(=O)NCCN2CCCC2)cs1)C(=O)c1ccc(Cl)cc1Cl. The molecule has 1 saturated heterocycles. The van der Waals surface area contributed by atoms with Gasteiger partial charge in [0.2, 0.25) is 11.8 Å². The fourth-order valence-electron chi connectivity index (χ4n) is 3.86. The van der Waals surface area contributed by atoms with Crippen LogP contribution in [0.3, 0.4) is 0 Å². The topological polar surface area (TPSA) is 94.6 Å². The largest absolute Gasteiger partial charge is 0.354 e. The van der Waals surface area contributed by atoms with Crippen molar-refractivity contribution >= 4 is 57.4 Å². The predicted octanol–water partition coefficient (Wildman–Crippen LogP) is 3.94. The smallest absolute Gasteiger partial charge is 0.255 e. The van der Waals surface area contributed by atoms with E-state index < -0.39 is 0 Å². The third-order valence-corrected chi connectivity index (χ3v) is 6.81. The van der Waals surface area contributed by atoms with E-state index in [0.717, 1.165) is 19.6 Å². The molecule has 0 saturated carbocycles. The second kappa shape index (κ2) is 13.2. The molecule has 1 fully saturated rings. The van der Waals surface area contributed by atoms with Crippen LogP contribution >= 0.6 is 34.5 Å². The Morgan fingerprint density at radius 2 is 1.91 bits per heavy atom. The number of likely N-dealkylation sites (tertiary alicyclic amines) is 1. The molecule has 2 N–H and O–H groups in total. The van der Waals surface area contributed by atoms with Gasteiger partial charge in [0, 0.05) is 30.0 Å². The average molecular weight is 541 g/mol. The molecule has 2 aromatic rings. The van der Waals surface area contributed by atoms with Crippen LogP contribution in [0.2, 0.25) is 10.0 Å². The minimum absolute atomic E-state index is 0.0964. The molecule has 35 heavy (non-hydrogen) atoms. The van der Waals surface area contributed by atoms with Gasteiger partial charge in [-0.2, -0.15) is 0 Å². The second-order valence-corrected chi connectivity index (χ2v) is 10.7. The van der Waals surface area contributed by atoms with Crippen molar-refractivity contribution < 1.29 is 14.4 Å². The maximum Gasteiger partial charge on any atom is 0.255 e. The predicted molar refractivity (Wildman–Crippen MR) is 140 cm³/mol. The number of nitrogens with one attached hydrogen (secondary N) is 2. The van der Waals surface area contributed by atoms with Crippen LogP contribution < -0.4 is 10.6 Å². The maximum atomic E-state index is 13.1. The Kier molecular flexibility index (Phi) is 10.3. The monoisotopic (exact) mass is 539 g/mol. The van der Waals surface area contributed by atoms with Crippen molar-refractivity contribution in [1.29, 1.82) is 0 Å². The molecule has 190 valence electrons. The van der Waals surface area contributed by atoms with Gasteiger partial charge in [0.1, 0.15) is 6.54 Å². The summed E-state index contributed by atoms with van der Waals surface area (Å²) < 4.78 is 0. The lowest BCUT2D eigenvalue weighted by molar-refractivity contribution is -0.120. The highest BCUT2D eigenvalue weighted by atomic mass is 35.5. The van der Waals surface area contributed by atoms with Gasteiger partial charge in [-0.1, -0.05) is 37.0 Å². The first-order valence-corrected chi connectivity index (χ1v) is 13.3. The van der Waals surface area contributed by atoms with Crippen LogP contribution in [0.5, 0.6) is 0 Å². The average Bonchev–Trinajstić information content (AvgIpc) is 3.45. The van der Waals surface area contributed by atoms with E-state index in [0.29, 0.717) is 28.9 Å². The molecule has 0 aliphatic carbocycles. The standard InChI is InChI=1S/C24H31Cl2N5O3S/c1-16(2)13-31(23(34)19-6-5-17(25)11-20(19)26)14-22(33)29-24-28-18(15-35-24)12-21(32)27-7-10-30-8-3-4-9-30/h5-6,11,15-16H,3-4,7-10,12-14H2,1-2H3,(H,27,32)(H,28,29,33). The number of hydrogen-bond acceptors (Lipinski definition) is 6. The summed E-state index contributed by atoms with van der Waals surface area (Å²) in [6, 6.07) is 4.65. The summed E-state index contributed by atoms with van der Waals surface area (Å²) in [6.45, 7) is 7.82. The Morgan fingerprint density at radius 1 is 1.17 bits per heavy atom. The Bertz CT molecular complexity index is 1040. The molecule has 8 nitrogen and oxygen atoms in total. The van der Waals surface area contributed by atoms with Gasteiger partial charge in [-0.3, -0.25) is 14.4 Å². The van der Waals surface area contributed by atoms with Crippen LogP contribution in [0.1, 0.15) is 42.7 Å². The molecule has 1 aliphatic heterocycles. The van der Waals surface area contributed by atoms with Crippen LogP contribution in [0.4, 0.5) is 5.13 Å². The third-order valence-electron chi connectivity index (χ3n) is 5.46. The van der Waals surface area contributed by atoms with Crippen LogP contribution in [0, 0.1) is 5.92 Å². The van der Waals surface area contributed by atoms with E-state index in [4.69, 9.17) is 23.2 Å². The number of anilines is 1. The first kappa shape index (κ1) is 27.4. The van der Waals surface area contributed by atoms with Gasteiger partial charge >= 0.3 is 0 Å². The second-order valence-electron chi connectivity index (χ2n) is 8.97. The van der Waals surface area contributed by atoms with Crippen LogP contribution in [-0.4, -0.2) is 71.8 Å². The summed E-state index contributed by atoms with van der Waals surface area (Å²) in [7, 11) is 0. The van der Waals surface area contributed by atoms with Crippen molar-refractivity contribution in [1.82, 2.24) is 20.1 Å². The normalized spacial score (nSPS) is 13.7. The van der Waals surface area contributed by atoms with Crippen molar-refractivity contribution in [3.63, 3.8) is 0 Å². The summed E-state index contributed by atoms with van der Waals surface area (Å²) in [6.07, 6.45) is 2.60. The lowest BCUT2D eigenvalue weighted by atomic mass is 10.1. The Hall–Kier alpha value is -2.20. The highest BCUT2D eigenvalue weighted by Crippen LogP contribution is 2.23. The zero-order chi connectivity index (χ0) is 25.4. The van der Waals surface area contributed by atoms with Gasteiger partial charge in [-0.25, -0.2) is 4.98 Å². The number of benzene rings is 1. The zero-order valence-electron chi connectivity index (χ0n) is 20.0. The fourth-order valence-corrected chi connectivity index (χ4v) is 5.07. The number of carbonyl (C=O) groups is 3. The highest BCUT2D eigenvalue weighted by molar-refractivity contribution is 7.13. The number of halogens is 2. The number of hydrogen-bond donors (Lipinski definition) is 2. The van der Waals surface area contributed by atoms with Gasteiger partial charge in [0.25, 0.3) is 5.91 Å². The van der Waals surface area contributed by atoms with E-state index in [1.807, 2.05) is 13.8 Å². The van der Waals surface area contributed by atoms with Crippen LogP contribution in [0.15, 0.2) is 23.6 Å². The summed E-state index contributed by atoms with van der Waals surface area (Å²) in [5.74, 6) is -0.671. The Balaban J connectivity index is 1.52. The van der Waals surface area contributed by atoms with E-state index in [2.05, 4.69) is 20.5 Å². The molecule has 1 aromatic carbocycles. The minimum Gasteiger partial charge on any atom is -0.354 e. The molecule has 1 aliphatic rings. The first-order chi connectivity index (χ1) is 16.7. The quantitative estimate of drug-likeness (QED) is 0.451. The van der Waals surface area contributed by atoms with Crippen LogP contribution in [0.25, 0.3) is 0 Å². The summed E-state index contributed by atoms with van der Waals surface area (Å²) in [4.78, 5) is 46.1. The van der Waals surface area contributed by atoms with E-state index in [1.54, 1.807) is 17.5 Å². The van der Waals surface area contributed by atoms with E-state index >= 15 is 0 Å². The molecule has 0 radical (unpaired) electrons. The lowest BCUT2D eigenvalue weighted by Crippen LogP contribution is -2.40. The molecule has 0 spiro atoms. The zero-order valence-corrected chi connectivity index (χ0v) is 22.3. The van der Waals surface area contributed by atoms with Crippen molar-refractivity contribution in [3.05, 3.63) is 44.9 Å². The van der Waals surface area contributed by atoms with Crippen molar-refractivity contribution in [3.8, 4) is 0 Å². The number of amides is 3. The van der Waals surface area contributed by atoms with Crippen molar-refractivity contribution in [2.24, 2.45) is 5.92 Å². The fraction of sp³-hybridized carbons (Fsp3) is 0.500. The summed E-state index contributed by atoms with van der Waals surface area (Å²) in [5, 5.41) is 8.46. The van der Waals surface area contributed by atoms with Gasteiger partial charge in [0.15, 0.2) is 5.13 Å². The third kappa shape index (κ3) is 8.75. The van der Waals surface area contributed by atoms with Gasteiger partial charge in [-0.05, 0) is 50.0 Å². The molecular weight excluding hydrogens is 509 g/mol.